The van der Waals surface area contributed by atoms with Gasteiger partial charge in [0.2, 0.25) is 17.8 Å². The maximum Gasteiger partial charge on any atom is 0.307 e. The molecule has 1 amide bonds. The lowest BCUT2D eigenvalue weighted by atomic mass is 10.1. The van der Waals surface area contributed by atoms with Crippen molar-refractivity contribution < 1.29 is 24.2 Å². The fourth-order valence-corrected chi connectivity index (χ4v) is 13.3. The van der Waals surface area contributed by atoms with Crippen molar-refractivity contribution in [2.24, 2.45) is 0 Å². The molecule has 2 aliphatic carbocycles. The number of halogens is 3. The van der Waals surface area contributed by atoms with E-state index < -0.39 is 11.6 Å². The number of ether oxygens (including phenoxy) is 1. The van der Waals surface area contributed by atoms with Crippen LogP contribution in [0.2, 0.25) is 0 Å². The Morgan fingerprint density at radius 2 is 0.861 bits per heavy atom. The van der Waals surface area contributed by atoms with Gasteiger partial charge in [0.1, 0.15) is 5.60 Å². The van der Waals surface area contributed by atoms with E-state index in [1.807, 2.05) is 50.5 Å². The van der Waals surface area contributed by atoms with Crippen molar-refractivity contribution >= 4 is 78.3 Å². The number of carbonyl (C=O) groups excluding carboxylic acids is 2. The maximum atomic E-state index is 12.8. The molecule has 101 heavy (non-hydrogen) atoms. The average molecular weight is 1450 g/mol. The van der Waals surface area contributed by atoms with Crippen molar-refractivity contribution in [2.45, 2.75) is 135 Å². The number of aliphatic carboxylic acids is 1. The van der Waals surface area contributed by atoms with Crippen LogP contribution in [0, 0.1) is 0 Å². The highest BCUT2D eigenvalue weighted by atomic mass is 35.5. The number of H-pyrrole nitrogens is 4. The number of nitrogens with zero attached hydrogens (tertiary/aromatic N) is 18. The smallest absolute Gasteiger partial charge is 0.307 e. The summed E-state index contributed by atoms with van der Waals surface area (Å²) in [5.74, 6) is 0.737. The standard InChI is InChI=1S/C25H31N9O.C17H21N5.C12H20N4O2.C8H12N4O2.C5H8N4.3ClH/c35-24(6-8-32-7-5-22-23(17-32)30-31-29-22)34-11-9-33(10-12-34)21-15-26-25(27-16-21)28-20-13-18-3-1-2-4-19(18)14-20;1-2-4-14-10-15(9-13(14)3-1)21-17-19-11-16(12-20-17)22-7-5-18-6-8-22;1-12(2,3)18-11(17)5-7-16-6-4-9-10(8-16)14-15-13-9;13-8(14)2-4-12-3-1-6-7(5-12)10-11-9-6;1-2-6-3-5-4(1)7-9-8-5;;;/h1-4,15-16,20H,5-14,17H2,(H,26,27,28)(H,29,30,31);1-4,11-12,15,18H,5-10H2,(H,19,20,21);4-8H2,1-3H3,(H,13,14,15);1-5H2,(H,13,14)(H,9,10,11);6H,1-3H2,(H,7,8,9);3*1H. The molecule has 0 radical (unpaired) electrons. The van der Waals surface area contributed by atoms with Crippen LogP contribution in [0.1, 0.15) is 108 Å². The monoisotopic (exact) mass is 1450 g/mol. The van der Waals surface area contributed by atoms with Crippen LogP contribution in [-0.4, -0.2) is 240 Å². The number of amides is 1. The molecule has 0 unspecified atom stereocenters. The second kappa shape index (κ2) is 37.4. The van der Waals surface area contributed by atoms with Gasteiger partial charge in [-0.1, -0.05) is 48.5 Å². The fourth-order valence-electron chi connectivity index (χ4n) is 13.3. The zero-order chi connectivity index (χ0) is 67.6. The SMILES string of the molecule is C1Cc2n[nH]nc2CN1.CC(C)(C)OC(=O)CCN1CCc2n[nH]nc2C1.Cl.Cl.Cl.O=C(CCN1CCc2n[nH]nc2C1)N1CCN(c2cnc(NC3Cc4ccccc4C3)nc2)CC1.O=C(O)CCN1CCc2n[nH]nc2C1.c1ccc2c(c1)CC(Nc1ncc(N3CCNCC3)cn1)C2. The summed E-state index contributed by atoms with van der Waals surface area (Å²) in [5, 5.41) is 65.1. The minimum atomic E-state index is -0.754. The summed E-state index contributed by atoms with van der Waals surface area (Å²) < 4.78 is 5.28. The molecule has 12 heterocycles. The van der Waals surface area contributed by atoms with Crippen molar-refractivity contribution in [2.75, 3.05) is 119 Å². The summed E-state index contributed by atoms with van der Waals surface area (Å²) in [6.45, 7) is 21.7. The first kappa shape index (κ1) is 76.6. The Bertz CT molecular complexity index is 3780. The third-order valence-electron chi connectivity index (χ3n) is 18.6. The van der Waals surface area contributed by atoms with Gasteiger partial charge >= 0.3 is 11.9 Å². The summed E-state index contributed by atoms with van der Waals surface area (Å²) in [6, 6.07) is 18.0. The molecule has 16 rings (SSSR count). The highest BCUT2D eigenvalue weighted by Gasteiger charge is 2.28. The largest absolute Gasteiger partial charge is 0.481 e. The molecule has 8 aliphatic rings. The Hall–Kier alpha value is -8.56. The minimum Gasteiger partial charge on any atom is -0.481 e. The summed E-state index contributed by atoms with van der Waals surface area (Å²) in [5.41, 5.74) is 15.7. The van der Waals surface area contributed by atoms with Gasteiger partial charge in [-0.25, -0.2) is 19.9 Å². The minimum absolute atomic E-state index is 0. The van der Waals surface area contributed by atoms with Crippen LogP contribution in [0.15, 0.2) is 73.3 Å². The molecule has 2 aromatic carbocycles. The molecule has 2 saturated heterocycles. The molecule has 0 bridgehead atoms. The van der Waals surface area contributed by atoms with Gasteiger partial charge in [-0.15, -0.1) is 37.2 Å². The van der Waals surface area contributed by atoms with Crippen LogP contribution in [0.3, 0.4) is 0 Å². The third-order valence-corrected chi connectivity index (χ3v) is 18.6. The number of hydrogen-bond donors (Lipinski definition) is 9. The molecule has 544 valence electrons. The number of rotatable bonds is 15. The summed E-state index contributed by atoms with van der Waals surface area (Å²) >= 11 is 0. The second-order valence-corrected chi connectivity index (χ2v) is 26.8. The van der Waals surface area contributed by atoms with Crippen molar-refractivity contribution in [3.63, 3.8) is 0 Å². The van der Waals surface area contributed by atoms with Crippen LogP contribution in [0.5, 0.6) is 0 Å². The lowest BCUT2D eigenvalue weighted by Crippen LogP contribution is -2.49. The Balaban J connectivity index is 0.000000156. The first-order chi connectivity index (χ1) is 47.7. The van der Waals surface area contributed by atoms with Crippen LogP contribution in [0.25, 0.3) is 0 Å². The molecule has 34 heteroatoms. The lowest BCUT2D eigenvalue weighted by Gasteiger charge is -2.36. The van der Waals surface area contributed by atoms with E-state index in [9.17, 15) is 14.4 Å². The Kier molecular flexibility index (Phi) is 28.4. The number of piperazine rings is 2. The van der Waals surface area contributed by atoms with Gasteiger partial charge in [0.05, 0.1) is 94.6 Å². The lowest BCUT2D eigenvalue weighted by molar-refractivity contribution is -0.155. The van der Waals surface area contributed by atoms with Gasteiger partial charge in [0.25, 0.3) is 0 Å². The quantitative estimate of drug-likeness (QED) is 0.0655. The third kappa shape index (κ3) is 22.2. The number of aromatic nitrogens is 16. The Morgan fingerprint density at radius 3 is 1.28 bits per heavy atom. The molecule has 6 aliphatic heterocycles. The van der Waals surface area contributed by atoms with Gasteiger partial charge in [-0.2, -0.15) is 61.6 Å². The number of anilines is 4. The van der Waals surface area contributed by atoms with Crippen LogP contribution >= 0.6 is 37.2 Å². The molecule has 6 aromatic heterocycles. The first-order valence-corrected chi connectivity index (χ1v) is 34.4. The van der Waals surface area contributed by atoms with Crippen molar-refractivity contribution in [3.05, 3.63) is 141 Å². The molecule has 0 saturated carbocycles. The van der Waals surface area contributed by atoms with E-state index in [2.05, 4.69) is 176 Å². The number of nitrogens with one attached hydrogen (secondary N) is 8. The highest BCUT2D eigenvalue weighted by Crippen LogP contribution is 2.27. The number of benzene rings is 2. The highest BCUT2D eigenvalue weighted by molar-refractivity contribution is 5.86. The van der Waals surface area contributed by atoms with Gasteiger partial charge in [-0.3, -0.25) is 29.1 Å². The molecule has 2 fully saturated rings. The zero-order valence-corrected chi connectivity index (χ0v) is 60.1. The Labute approximate surface area is 606 Å². The van der Waals surface area contributed by atoms with E-state index >= 15 is 0 Å². The van der Waals surface area contributed by atoms with E-state index in [0.717, 1.165) is 219 Å². The number of esters is 1. The summed E-state index contributed by atoms with van der Waals surface area (Å²) in [4.78, 5) is 66.0. The Morgan fingerprint density at radius 1 is 0.475 bits per heavy atom. The number of carbonyl (C=O) groups is 3. The van der Waals surface area contributed by atoms with Gasteiger partial charge < -0.3 is 45.8 Å². The molecular formula is C67H95Cl3N26O5. The number of carboxylic acid groups (broad SMARTS) is 1. The van der Waals surface area contributed by atoms with Crippen molar-refractivity contribution in [1.29, 1.82) is 0 Å². The number of fused-ring (bicyclic) bond motifs is 6. The van der Waals surface area contributed by atoms with E-state index in [1.54, 1.807) is 0 Å². The van der Waals surface area contributed by atoms with E-state index in [1.165, 1.54) is 22.3 Å². The fraction of sp³-hybridized carbons (Fsp3) is 0.537. The molecule has 9 N–H and O–H groups in total. The average Bonchev–Trinajstić information content (AvgIpc) is 1.82. The first-order valence-electron chi connectivity index (χ1n) is 34.4. The van der Waals surface area contributed by atoms with E-state index in [-0.39, 0.29) is 55.5 Å². The van der Waals surface area contributed by atoms with Crippen LogP contribution < -0.4 is 31.1 Å². The van der Waals surface area contributed by atoms with Crippen molar-refractivity contribution in [1.82, 2.24) is 112 Å². The molecule has 8 aromatic rings. The van der Waals surface area contributed by atoms with Gasteiger partial charge in [0.15, 0.2) is 0 Å². The zero-order valence-electron chi connectivity index (χ0n) is 57.7. The number of carboxylic acids is 1. The predicted octanol–water partition coefficient (Wildman–Crippen LogP) is 3.98. The molecule has 0 atom stereocenters. The number of aromatic amines is 4. The normalized spacial score (nSPS) is 17.1. The summed E-state index contributed by atoms with van der Waals surface area (Å²) in [7, 11) is 0. The van der Waals surface area contributed by atoms with Crippen molar-refractivity contribution in [3.8, 4) is 0 Å². The summed E-state index contributed by atoms with van der Waals surface area (Å²) in [6.07, 6.45) is 16.6. The van der Waals surface area contributed by atoms with E-state index in [0.29, 0.717) is 50.5 Å². The molecule has 31 nitrogen and oxygen atoms in total. The molecular weight excluding hydrogens is 1360 g/mol. The van der Waals surface area contributed by atoms with Gasteiger partial charge in [-0.05, 0) is 68.7 Å². The predicted molar refractivity (Wildman–Crippen MR) is 387 cm³/mol. The molecule has 0 spiro atoms. The number of hydrogen-bond acceptors (Lipinski definition) is 25. The maximum absolute atomic E-state index is 12.8. The topological polar surface area (TPSA) is 366 Å². The van der Waals surface area contributed by atoms with Crippen LogP contribution in [0.4, 0.5) is 23.3 Å². The second-order valence-electron chi connectivity index (χ2n) is 26.8. The van der Waals surface area contributed by atoms with E-state index in [4.69, 9.17) is 9.84 Å². The van der Waals surface area contributed by atoms with Crippen LogP contribution in [-0.2, 0) is 96.7 Å². The van der Waals surface area contributed by atoms with Gasteiger partial charge in [0, 0.05) is 169 Å².